The topological polar surface area (TPSA) is 44.8 Å². The number of carbonyl (C=O) groups is 1. The van der Waals surface area contributed by atoms with Gasteiger partial charge in [0.05, 0.1) is 19.8 Å². The van der Waals surface area contributed by atoms with Crippen LogP contribution in [0.25, 0.3) is 0 Å². The van der Waals surface area contributed by atoms with E-state index in [-0.39, 0.29) is 5.97 Å². The van der Waals surface area contributed by atoms with Gasteiger partial charge in [0.25, 0.3) is 0 Å². The van der Waals surface area contributed by atoms with Crippen LogP contribution in [0.15, 0.2) is 0 Å². The van der Waals surface area contributed by atoms with Crippen LogP contribution >= 0.6 is 0 Å². The molecule has 0 saturated carbocycles. The van der Waals surface area contributed by atoms with Crippen LogP contribution in [-0.2, 0) is 19.0 Å². The van der Waals surface area contributed by atoms with Gasteiger partial charge in [0.2, 0.25) is 0 Å². The highest BCUT2D eigenvalue weighted by Gasteiger charge is 2.02. The lowest BCUT2D eigenvalue weighted by Crippen LogP contribution is -2.08. The normalized spacial score (nSPS) is 10.9. The molecule has 0 saturated heterocycles. The van der Waals surface area contributed by atoms with Crippen LogP contribution < -0.4 is 0 Å². The number of rotatable bonds is 18. The van der Waals surface area contributed by atoms with E-state index in [9.17, 15) is 4.79 Å². The Kier molecular flexibility index (Phi) is 18.9. The fraction of sp³-hybridized carbons (Fsp3) is 0.947. The van der Waals surface area contributed by atoms with Gasteiger partial charge in [0.1, 0.15) is 0 Å². The van der Waals surface area contributed by atoms with Gasteiger partial charge < -0.3 is 14.2 Å². The molecule has 0 fully saturated rings. The third kappa shape index (κ3) is 19.3. The van der Waals surface area contributed by atoms with E-state index >= 15 is 0 Å². The van der Waals surface area contributed by atoms with E-state index in [0.717, 1.165) is 12.8 Å². The molecule has 0 aromatic carbocycles. The summed E-state index contributed by atoms with van der Waals surface area (Å²) in [6, 6.07) is 0. The maximum atomic E-state index is 11.5. The Morgan fingerprint density at radius 2 is 1.30 bits per heavy atom. The standard InChI is InChI=1S/C19H38O4/c1-3-4-5-6-7-8-9-10-11-12-16-23-19(20)14-13-15-22-18-17-21-2/h3-18H2,1-2H3. The molecule has 0 aliphatic rings. The zero-order valence-electron chi connectivity index (χ0n) is 15.4. The molecule has 0 aromatic rings. The minimum atomic E-state index is -0.101. The molecule has 0 amide bonds. The minimum absolute atomic E-state index is 0.101. The summed E-state index contributed by atoms with van der Waals surface area (Å²) in [5.74, 6) is -0.101. The Balaban J connectivity index is 3.11. The van der Waals surface area contributed by atoms with Crippen molar-refractivity contribution in [2.45, 2.75) is 84.0 Å². The van der Waals surface area contributed by atoms with Crippen molar-refractivity contribution in [3.63, 3.8) is 0 Å². The van der Waals surface area contributed by atoms with Gasteiger partial charge in [-0.15, -0.1) is 0 Å². The van der Waals surface area contributed by atoms with Crippen molar-refractivity contribution in [2.24, 2.45) is 0 Å². The van der Waals surface area contributed by atoms with Gasteiger partial charge in [-0.3, -0.25) is 4.79 Å². The second-order valence-corrected chi connectivity index (χ2v) is 6.11. The lowest BCUT2D eigenvalue weighted by molar-refractivity contribution is -0.144. The molecule has 4 heteroatoms. The van der Waals surface area contributed by atoms with E-state index in [2.05, 4.69) is 6.92 Å². The number of unbranched alkanes of at least 4 members (excludes halogenated alkanes) is 9. The lowest BCUT2D eigenvalue weighted by Gasteiger charge is -2.06. The summed E-state index contributed by atoms with van der Waals surface area (Å²) in [6.45, 7) is 4.60. The molecule has 0 radical (unpaired) electrons. The smallest absolute Gasteiger partial charge is 0.305 e. The molecule has 0 aliphatic heterocycles. The summed E-state index contributed by atoms with van der Waals surface area (Å²) < 4.78 is 15.4. The second kappa shape index (κ2) is 19.4. The molecule has 0 aromatic heterocycles. The second-order valence-electron chi connectivity index (χ2n) is 6.11. The quantitative estimate of drug-likeness (QED) is 0.265. The predicted molar refractivity (Wildman–Crippen MR) is 94.7 cm³/mol. The van der Waals surface area contributed by atoms with Crippen LogP contribution in [0.2, 0.25) is 0 Å². The summed E-state index contributed by atoms with van der Waals surface area (Å²) in [4.78, 5) is 11.5. The van der Waals surface area contributed by atoms with Crippen molar-refractivity contribution in [3.8, 4) is 0 Å². The van der Waals surface area contributed by atoms with Gasteiger partial charge in [0.15, 0.2) is 0 Å². The monoisotopic (exact) mass is 330 g/mol. The van der Waals surface area contributed by atoms with E-state index < -0.39 is 0 Å². The molecule has 23 heavy (non-hydrogen) atoms. The lowest BCUT2D eigenvalue weighted by atomic mass is 10.1. The van der Waals surface area contributed by atoms with E-state index in [1.807, 2.05) is 0 Å². The summed E-state index contributed by atoms with van der Waals surface area (Å²) in [7, 11) is 1.65. The molecule has 0 heterocycles. The fourth-order valence-corrected chi connectivity index (χ4v) is 2.41. The molecule has 0 spiro atoms. The number of hydrogen-bond acceptors (Lipinski definition) is 4. The van der Waals surface area contributed by atoms with Crippen LogP contribution in [0.4, 0.5) is 0 Å². The van der Waals surface area contributed by atoms with Crippen molar-refractivity contribution in [1.29, 1.82) is 0 Å². The average molecular weight is 331 g/mol. The third-order valence-electron chi connectivity index (χ3n) is 3.86. The molecule has 0 N–H and O–H groups in total. The van der Waals surface area contributed by atoms with E-state index in [4.69, 9.17) is 14.2 Å². The van der Waals surface area contributed by atoms with Gasteiger partial charge in [0, 0.05) is 20.1 Å². The van der Waals surface area contributed by atoms with Crippen molar-refractivity contribution in [3.05, 3.63) is 0 Å². The zero-order valence-corrected chi connectivity index (χ0v) is 15.4. The first-order valence-electron chi connectivity index (χ1n) is 9.53. The van der Waals surface area contributed by atoms with Gasteiger partial charge in [-0.1, -0.05) is 64.7 Å². The van der Waals surface area contributed by atoms with E-state index in [0.29, 0.717) is 32.8 Å². The SMILES string of the molecule is CCCCCCCCCCCCOC(=O)CCCOCCOC. The first-order chi connectivity index (χ1) is 11.3. The number of esters is 1. The van der Waals surface area contributed by atoms with Crippen molar-refractivity contribution in [1.82, 2.24) is 0 Å². The van der Waals surface area contributed by atoms with Crippen molar-refractivity contribution < 1.29 is 19.0 Å². The van der Waals surface area contributed by atoms with Crippen LogP contribution in [-0.4, -0.2) is 39.5 Å². The Labute approximate surface area is 143 Å². The Morgan fingerprint density at radius 3 is 1.91 bits per heavy atom. The van der Waals surface area contributed by atoms with Gasteiger partial charge in [-0.05, 0) is 12.8 Å². The van der Waals surface area contributed by atoms with Crippen LogP contribution in [0.5, 0.6) is 0 Å². The third-order valence-corrected chi connectivity index (χ3v) is 3.86. The average Bonchev–Trinajstić information content (AvgIpc) is 2.56. The number of carbonyl (C=O) groups excluding carboxylic acids is 1. The number of hydrogen-bond donors (Lipinski definition) is 0. The highest BCUT2D eigenvalue weighted by atomic mass is 16.5. The number of ether oxygens (including phenoxy) is 3. The Hall–Kier alpha value is -0.610. The zero-order chi connectivity index (χ0) is 17.0. The van der Waals surface area contributed by atoms with Crippen LogP contribution in [0.1, 0.15) is 84.0 Å². The number of methoxy groups -OCH3 is 1. The summed E-state index contributed by atoms with van der Waals surface area (Å²) >= 11 is 0. The largest absolute Gasteiger partial charge is 0.466 e. The summed E-state index contributed by atoms with van der Waals surface area (Å²) in [5, 5.41) is 0. The molecule has 0 rings (SSSR count). The van der Waals surface area contributed by atoms with E-state index in [1.54, 1.807) is 7.11 Å². The molecular formula is C19H38O4. The molecule has 0 unspecified atom stereocenters. The Bertz CT molecular complexity index is 244. The van der Waals surface area contributed by atoms with Crippen LogP contribution in [0.3, 0.4) is 0 Å². The van der Waals surface area contributed by atoms with Crippen molar-refractivity contribution >= 4 is 5.97 Å². The summed E-state index contributed by atoms with van der Waals surface area (Å²) in [6.07, 6.45) is 14.1. The van der Waals surface area contributed by atoms with Gasteiger partial charge in [-0.25, -0.2) is 0 Å². The fourth-order valence-electron chi connectivity index (χ4n) is 2.41. The molecule has 0 bridgehead atoms. The van der Waals surface area contributed by atoms with Crippen LogP contribution in [0, 0.1) is 0 Å². The minimum Gasteiger partial charge on any atom is -0.466 e. The van der Waals surface area contributed by atoms with Gasteiger partial charge >= 0.3 is 5.97 Å². The molecular weight excluding hydrogens is 292 g/mol. The van der Waals surface area contributed by atoms with E-state index in [1.165, 1.54) is 57.8 Å². The highest BCUT2D eigenvalue weighted by molar-refractivity contribution is 5.69. The molecule has 138 valence electrons. The Morgan fingerprint density at radius 1 is 0.696 bits per heavy atom. The summed E-state index contributed by atoms with van der Waals surface area (Å²) in [5.41, 5.74) is 0. The molecule has 4 nitrogen and oxygen atoms in total. The van der Waals surface area contributed by atoms with Crippen molar-refractivity contribution in [2.75, 3.05) is 33.5 Å². The first kappa shape index (κ1) is 22.4. The molecule has 0 aliphatic carbocycles. The highest BCUT2D eigenvalue weighted by Crippen LogP contribution is 2.10. The predicted octanol–water partition coefficient (Wildman–Crippen LogP) is 4.89. The maximum absolute atomic E-state index is 11.5. The van der Waals surface area contributed by atoms with Gasteiger partial charge in [-0.2, -0.15) is 0 Å². The maximum Gasteiger partial charge on any atom is 0.305 e. The first-order valence-corrected chi connectivity index (χ1v) is 9.53. The molecule has 0 atom stereocenters.